The second kappa shape index (κ2) is 8.26. The van der Waals surface area contributed by atoms with Crippen LogP contribution < -0.4 is 5.73 Å². The molecule has 1 aliphatic heterocycles. The molecule has 24 heavy (non-hydrogen) atoms. The quantitative estimate of drug-likeness (QED) is 0.610. The minimum absolute atomic E-state index is 0.0722. The molecule has 0 saturated heterocycles. The SMILES string of the molecule is C=C(OC)/C(N)=C\C1=C(C)C(CCC)N(C(=O)C(F)(F)F)CCC1. The van der Waals surface area contributed by atoms with Gasteiger partial charge in [0.2, 0.25) is 0 Å². The van der Waals surface area contributed by atoms with Crippen LogP contribution in [-0.4, -0.2) is 36.7 Å². The summed E-state index contributed by atoms with van der Waals surface area (Å²) in [5.41, 5.74) is 7.80. The van der Waals surface area contributed by atoms with Crippen molar-refractivity contribution in [2.75, 3.05) is 13.7 Å². The van der Waals surface area contributed by atoms with Gasteiger partial charge in [0.05, 0.1) is 18.8 Å². The Balaban J connectivity index is 3.26. The smallest absolute Gasteiger partial charge is 0.471 e. The highest BCUT2D eigenvalue weighted by atomic mass is 19.4. The molecule has 0 saturated carbocycles. The molecular formula is C17H25F3N2O2. The van der Waals surface area contributed by atoms with E-state index in [9.17, 15) is 18.0 Å². The summed E-state index contributed by atoms with van der Waals surface area (Å²) < 4.78 is 43.7. The molecule has 1 atom stereocenters. The Hall–Kier alpha value is -1.92. The van der Waals surface area contributed by atoms with Crippen molar-refractivity contribution >= 4 is 5.91 Å². The third-order valence-corrected chi connectivity index (χ3v) is 4.19. The second-order valence-corrected chi connectivity index (χ2v) is 5.84. The topological polar surface area (TPSA) is 55.6 Å². The van der Waals surface area contributed by atoms with Crippen molar-refractivity contribution in [2.45, 2.75) is 51.7 Å². The van der Waals surface area contributed by atoms with Gasteiger partial charge in [0, 0.05) is 6.54 Å². The van der Waals surface area contributed by atoms with Gasteiger partial charge in [0.1, 0.15) is 5.76 Å². The number of hydrogen-bond donors (Lipinski definition) is 1. The summed E-state index contributed by atoms with van der Waals surface area (Å²) in [6, 6.07) is -0.582. The van der Waals surface area contributed by atoms with Gasteiger partial charge in [-0.05, 0) is 43.4 Å². The highest BCUT2D eigenvalue weighted by Gasteiger charge is 2.45. The zero-order chi connectivity index (χ0) is 18.5. The molecular weight excluding hydrogens is 321 g/mol. The number of carbonyl (C=O) groups excluding carboxylic acids is 1. The summed E-state index contributed by atoms with van der Waals surface area (Å²) in [4.78, 5) is 12.7. The van der Waals surface area contributed by atoms with Gasteiger partial charge in [-0.2, -0.15) is 13.2 Å². The van der Waals surface area contributed by atoms with E-state index in [1.165, 1.54) is 7.11 Å². The van der Waals surface area contributed by atoms with Gasteiger partial charge in [0.25, 0.3) is 0 Å². The van der Waals surface area contributed by atoms with Crippen LogP contribution in [0.3, 0.4) is 0 Å². The van der Waals surface area contributed by atoms with Crippen LogP contribution in [0.25, 0.3) is 0 Å². The molecule has 0 aromatic heterocycles. The summed E-state index contributed by atoms with van der Waals surface area (Å²) in [7, 11) is 1.45. The highest BCUT2D eigenvalue weighted by molar-refractivity contribution is 5.82. The first-order chi connectivity index (χ1) is 11.1. The minimum atomic E-state index is -4.87. The van der Waals surface area contributed by atoms with Crippen molar-refractivity contribution < 1.29 is 22.7 Å². The Kier molecular flexibility index (Phi) is 6.93. The number of nitrogens with zero attached hydrogens (tertiary/aromatic N) is 1. The maximum absolute atomic E-state index is 12.9. The number of hydrogen-bond acceptors (Lipinski definition) is 3. The fourth-order valence-electron chi connectivity index (χ4n) is 2.86. The Morgan fingerprint density at radius 3 is 2.62 bits per heavy atom. The molecule has 1 amide bonds. The van der Waals surface area contributed by atoms with Crippen LogP contribution in [0.4, 0.5) is 13.2 Å². The van der Waals surface area contributed by atoms with Crippen molar-refractivity contribution in [1.82, 2.24) is 4.90 Å². The second-order valence-electron chi connectivity index (χ2n) is 5.84. The third-order valence-electron chi connectivity index (χ3n) is 4.19. The number of ether oxygens (including phenoxy) is 1. The Labute approximate surface area is 140 Å². The normalized spacial score (nSPS) is 20.0. The van der Waals surface area contributed by atoms with Gasteiger partial charge >= 0.3 is 12.1 Å². The summed E-state index contributed by atoms with van der Waals surface area (Å²) in [5.74, 6) is -1.48. The molecule has 1 aliphatic rings. The number of methoxy groups -OCH3 is 1. The lowest BCUT2D eigenvalue weighted by Crippen LogP contribution is -2.47. The molecule has 1 unspecified atom stereocenters. The number of carbonyl (C=O) groups is 1. The van der Waals surface area contributed by atoms with Crippen LogP contribution >= 0.6 is 0 Å². The molecule has 0 radical (unpaired) electrons. The average molecular weight is 346 g/mol. The van der Waals surface area contributed by atoms with Gasteiger partial charge in [-0.3, -0.25) is 4.79 Å². The van der Waals surface area contributed by atoms with E-state index in [1.54, 1.807) is 13.0 Å². The van der Waals surface area contributed by atoms with E-state index in [0.717, 1.165) is 16.0 Å². The first-order valence-electron chi connectivity index (χ1n) is 7.91. The van der Waals surface area contributed by atoms with E-state index in [4.69, 9.17) is 10.5 Å². The minimum Gasteiger partial charge on any atom is -0.495 e. The lowest BCUT2D eigenvalue weighted by molar-refractivity contribution is -0.187. The molecule has 0 aromatic carbocycles. The third kappa shape index (κ3) is 4.79. The molecule has 136 valence electrons. The van der Waals surface area contributed by atoms with Crippen LogP contribution in [0.2, 0.25) is 0 Å². The maximum atomic E-state index is 12.9. The fraction of sp³-hybridized carbons (Fsp3) is 0.588. The first kappa shape index (κ1) is 20.1. The van der Waals surface area contributed by atoms with E-state index in [-0.39, 0.29) is 6.54 Å². The molecule has 2 N–H and O–H groups in total. The van der Waals surface area contributed by atoms with Crippen LogP contribution in [-0.2, 0) is 9.53 Å². The largest absolute Gasteiger partial charge is 0.495 e. The van der Waals surface area contributed by atoms with Crippen LogP contribution in [0, 0.1) is 0 Å². The Morgan fingerprint density at radius 1 is 1.50 bits per heavy atom. The zero-order valence-corrected chi connectivity index (χ0v) is 14.4. The lowest BCUT2D eigenvalue weighted by Gasteiger charge is -2.32. The number of alkyl halides is 3. The van der Waals surface area contributed by atoms with E-state index in [1.807, 2.05) is 6.92 Å². The van der Waals surface area contributed by atoms with Crippen molar-refractivity contribution in [3.63, 3.8) is 0 Å². The van der Waals surface area contributed by atoms with Crippen molar-refractivity contribution in [3.05, 3.63) is 35.3 Å². The maximum Gasteiger partial charge on any atom is 0.471 e. The Morgan fingerprint density at radius 2 is 2.12 bits per heavy atom. The molecule has 0 spiro atoms. The van der Waals surface area contributed by atoms with Crippen LogP contribution in [0.1, 0.15) is 39.5 Å². The average Bonchev–Trinajstić information content (AvgIpc) is 2.66. The van der Waals surface area contributed by atoms with Crippen molar-refractivity contribution in [1.29, 1.82) is 0 Å². The lowest BCUT2D eigenvalue weighted by atomic mass is 9.96. The Bertz CT molecular complexity index is 551. The molecule has 0 aliphatic carbocycles. The van der Waals surface area contributed by atoms with Gasteiger partial charge in [-0.25, -0.2) is 0 Å². The number of nitrogens with two attached hydrogens (primary N) is 1. The van der Waals surface area contributed by atoms with E-state index in [0.29, 0.717) is 37.1 Å². The van der Waals surface area contributed by atoms with Crippen molar-refractivity contribution in [3.8, 4) is 0 Å². The predicted octanol–water partition coefficient (Wildman–Crippen LogP) is 3.66. The molecule has 4 nitrogen and oxygen atoms in total. The fourth-order valence-corrected chi connectivity index (χ4v) is 2.86. The number of halogens is 3. The summed E-state index contributed by atoms with van der Waals surface area (Å²) in [6.45, 7) is 7.38. The van der Waals surface area contributed by atoms with Gasteiger partial charge in [0.15, 0.2) is 0 Å². The number of allylic oxidation sites excluding steroid dienone is 2. The van der Waals surface area contributed by atoms with Crippen LogP contribution in [0.5, 0.6) is 0 Å². The molecule has 1 rings (SSSR count). The standard InChI is InChI=1S/C17H25F3N2O2/c1-5-7-15-11(2)13(10-14(21)12(3)24-4)8-6-9-22(15)16(23)17(18,19)20/h10,15H,3,5-9,21H2,1-2,4H3/b14-10+. The van der Waals surface area contributed by atoms with E-state index >= 15 is 0 Å². The van der Waals surface area contributed by atoms with Crippen molar-refractivity contribution in [2.24, 2.45) is 5.73 Å². The molecule has 7 heteroatoms. The number of amides is 1. The monoisotopic (exact) mass is 346 g/mol. The van der Waals surface area contributed by atoms with Gasteiger partial charge in [-0.15, -0.1) is 0 Å². The summed E-state index contributed by atoms with van der Waals surface area (Å²) >= 11 is 0. The molecule has 1 heterocycles. The molecule has 0 bridgehead atoms. The molecule has 0 fully saturated rings. The van der Waals surface area contributed by atoms with Gasteiger partial charge < -0.3 is 15.4 Å². The van der Waals surface area contributed by atoms with E-state index < -0.39 is 18.1 Å². The number of rotatable bonds is 5. The highest BCUT2D eigenvalue weighted by Crippen LogP contribution is 2.31. The first-order valence-corrected chi connectivity index (χ1v) is 7.91. The van der Waals surface area contributed by atoms with E-state index in [2.05, 4.69) is 6.58 Å². The summed E-state index contributed by atoms with van der Waals surface area (Å²) in [5, 5.41) is 0. The zero-order valence-electron chi connectivity index (χ0n) is 14.4. The summed E-state index contributed by atoms with van der Waals surface area (Å²) in [6.07, 6.45) is -1.05. The molecule has 0 aromatic rings. The van der Waals surface area contributed by atoms with Gasteiger partial charge in [-0.1, -0.05) is 19.9 Å². The predicted molar refractivity (Wildman–Crippen MR) is 86.8 cm³/mol. The van der Waals surface area contributed by atoms with Crippen LogP contribution in [0.15, 0.2) is 35.3 Å².